The van der Waals surface area contributed by atoms with Crippen molar-refractivity contribution in [1.29, 1.82) is 0 Å². The summed E-state index contributed by atoms with van der Waals surface area (Å²) in [5.74, 6) is -0.0339. The number of nitrogens with zero attached hydrogens (tertiary/aromatic N) is 3. The van der Waals surface area contributed by atoms with E-state index in [1.54, 1.807) is 42.2 Å². The molecule has 0 spiro atoms. The molecular formula is C16H20ClN7O2. The maximum absolute atomic E-state index is 11.9. The van der Waals surface area contributed by atoms with Gasteiger partial charge in [0.1, 0.15) is 5.69 Å². The molecule has 4 N–H and O–H groups in total. The molecule has 1 aliphatic rings. The SMILES string of the molecule is CNC(=O)[C@@H]1C[C@H](n2cc(CNC(=O)Nc3ccc(Cl)cc3)nn2)CN1. The Kier molecular flexibility index (Phi) is 5.69. The lowest BCUT2D eigenvalue weighted by Gasteiger charge is -2.09. The lowest BCUT2D eigenvalue weighted by atomic mass is 10.1. The number of halogens is 1. The van der Waals surface area contributed by atoms with E-state index in [0.717, 1.165) is 0 Å². The Morgan fingerprint density at radius 3 is 2.85 bits per heavy atom. The zero-order chi connectivity index (χ0) is 18.5. The number of likely N-dealkylation sites (N-methyl/N-ethyl adjacent to an activating group) is 1. The second kappa shape index (κ2) is 8.15. The van der Waals surface area contributed by atoms with Gasteiger partial charge in [-0.15, -0.1) is 5.10 Å². The first-order chi connectivity index (χ1) is 12.5. The van der Waals surface area contributed by atoms with E-state index in [4.69, 9.17) is 11.6 Å². The van der Waals surface area contributed by atoms with Gasteiger partial charge in [0, 0.05) is 24.3 Å². The first-order valence-electron chi connectivity index (χ1n) is 8.21. The number of carbonyl (C=O) groups is 2. The third kappa shape index (κ3) is 4.50. The zero-order valence-electron chi connectivity index (χ0n) is 14.2. The number of hydrogen-bond donors (Lipinski definition) is 4. The number of nitrogens with one attached hydrogen (secondary N) is 4. The van der Waals surface area contributed by atoms with E-state index in [1.165, 1.54) is 0 Å². The fourth-order valence-electron chi connectivity index (χ4n) is 2.74. The van der Waals surface area contributed by atoms with Crippen LogP contribution in [0.4, 0.5) is 10.5 Å². The largest absolute Gasteiger partial charge is 0.358 e. The quantitative estimate of drug-likeness (QED) is 0.618. The highest BCUT2D eigenvalue weighted by Gasteiger charge is 2.30. The fourth-order valence-corrected chi connectivity index (χ4v) is 2.87. The molecule has 1 aromatic heterocycles. The number of anilines is 1. The summed E-state index contributed by atoms with van der Waals surface area (Å²) in [7, 11) is 1.62. The molecular weight excluding hydrogens is 358 g/mol. The summed E-state index contributed by atoms with van der Waals surface area (Å²) in [5, 5.41) is 20.0. The molecule has 0 saturated carbocycles. The first kappa shape index (κ1) is 18.2. The number of hydrogen-bond acceptors (Lipinski definition) is 5. The Bertz CT molecular complexity index is 777. The van der Waals surface area contributed by atoms with Gasteiger partial charge in [-0.25, -0.2) is 9.48 Å². The summed E-state index contributed by atoms with van der Waals surface area (Å²) in [6.45, 7) is 0.893. The summed E-state index contributed by atoms with van der Waals surface area (Å²) in [4.78, 5) is 23.6. The molecule has 1 aromatic carbocycles. The highest BCUT2D eigenvalue weighted by Crippen LogP contribution is 2.19. The van der Waals surface area contributed by atoms with E-state index in [-0.39, 0.29) is 30.6 Å². The summed E-state index contributed by atoms with van der Waals surface area (Å²) < 4.78 is 1.73. The predicted molar refractivity (Wildman–Crippen MR) is 96.8 cm³/mol. The topological polar surface area (TPSA) is 113 Å². The standard InChI is InChI=1S/C16H20ClN7O2/c1-18-15(25)14-6-13(8-19-14)24-9-12(22-23-24)7-20-16(26)21-11-4-2-10(17)3-5-11/h2-5,9,13-14,19H,6-8H2,1H3,(H,18,25)(H2,20,21,26)/t13-,14-/m0/s1. The fraction of sp³-hybridized carbons (Fsp3) is 0.375. The van der Waals surface area contributed by atoms with E-state index >= 15 is 0 Å². The van der Waals surface area contributed by atoms with Gasteiger partial charge in [0.25, 0.3) is 0 Å². The Balaban J connectivity index is 1.48. The molecule has 138 valence electrons. The lowest BCUT2D eigenvalue weighted by molar-refractivity contribution is -0.122. The third-order valence-electron chi connectivity index (χ3n) is 4.13. The van der Waals surface area contributed by atoms with Crippen LogP contribution in [0.25, 0.3) is 0 Å². The normalized spacial score (nSPS) is 19.2. The summed E-state index contributed by atoms with van der Waals surface area (Å²) in [6.07, 6.45) is 2.42. The molecule has 2 heterocycles. The molecule has 2 aromatic rings. The number of amides is 3. The molecule has 1 saturated heterocycles. The van der Waals surface area contributed by atoms with Crippen molar-refractivity contribution < 1.29 is 9.59 Å². The summed E-state index contributed by atoms with van der Waals surface area (Å²) >= 11 is 5.81. The predicted octanol–water partition coefficient (Wildman–Crippen LogP) is 0.902. The van der Waals surface area contributed by atoms with Gasteiger partial charge in [-0.05, 0) is 30.7 Å². The van der Waals surface area contributed by atoms with Gasteiger partial charge in [-0.3, -0.25) is 4.79 Å². The Morgan fingerprint density at radius 2 is 2.12 bits per heavy atom. The van der Waals surface area contributed by atoms with Gasteiger partial charge in [0.15, 0.2) is 0 Å². The van der Waals surface area contributed by atoms with Crippen LogP contribution in [-0.4, -0.2) is 46.6 Å². The van der Waals surface area contributed by atoms with Crippen molar-refractivity contribution in [3.8, 4) is 0 Å². The minimum Gasteiger partial charge on any atom is -0.358 e. The number of urea groups is 1. The van der Waals surface area contributed by atoms with Crippen molar-refractivity contribution >= 4 is 29.2 Å². The molecule has 3 rings (SSSR count). The number of rotatable bonds is 5. The van der Waals surface area contributed by atoms with Gasteiger partial charge >= 0.3 is 6.03 Å². The highest BCUT2D eigenvalue weighted by molar-refractivity contribution is 6.30. The van der Waals surface area contributed by atoms with E-state index in [1.807, 2.05) is 0 Å². The zero-order valence-corrected chi connectivity index (χ0v) is 15.0. The smallest absolute Gasteiger partial charge is 0.319 e. The van der Waals surface area contributed by atoms with Crippen LogP contribution in [0.3, 0.4) is 0 Å². The van der Waals surface area contributed by atoms with E-state index < -0.39 is 0 Å². The molecule has 0 radical (unpaired) electrons. The molecule has 10 heteroatoms. The van der Waals surface area contributed by atoms with Crippen molar-refractivity contribution in [2.45, 2.75) is 25.0 Å². The summed E-state index contributed by atoms with van der Waals surface area (Å²) in [6, 6.07) is 6.32. The van der Waals surface area contributed by atoms with E-state index in [0.29, 0.717) is 29.4 Å². The average molecular weight is 378 g/mol. The first-order valence-corrected chi connectivity index (χ1v) is 8.59. The van der Waals surface area contributed by atoms with Gasteiger partial charge in [0.05, 0.1) is 24.8 Å². The Morgan fingerprint density at radius 1 is 1.35 bits per heavy atom. The second-order valence-corrected chi connectivity index (χ2v) is 6.41. The molecule has 1 aliphatic heterocycles. The number of aromatic nitrogens is 3. The van der Waals surface area contributed by atoms with Crippen molar-refractivity contribution in [3.63, 3.8) is 0 Å². The van der Waals surface area contributed by atoms with Crippen LogP contribution in [0, 0.1) is 0 Å². The molecule has 1 fully saturated rings. The van der Waals surface area contributed by atoms with E-state index in [9.17, 15) is 9.59 Å². The Labute approximate surface area is 155 Å². The number of carbonyl (C=O) groups excluding carboxylic acids is 2. The Hall–Kier alpha value is -2.65. The van der Waals surface area contributed by atoms with Gasteiger partial charge < -0.3 is 21.3 Å². The van der Waals surface area contributed by atoms with Crippen molar-refractivity contribution in [3.05, 3.63) is 41.2 Å². The van der Waals surface area contributed by atoms with Crippen LogP contribution in [0.2, 0.25) is 5.02 Å². The van der Waals surface area contributed by atoms with Gasteiger partial charge in [0.2, 0.25) is 5.91 Å². The van der Waals surface area contributed by atoms with E-state index in [2.05, 4.69) is 31.6 Å². The van der Waals surface area contributed by atoms with Crippen LogP contribution < -0.4 is 21.3 Å². The molecule has 2 atom stereocenters. The summed E-state index contributed by atoms with van der Waals surface area (Å²) in [5.41, 5.74) is 1.28. The van der Waals surface area contributed by atoms with Gasteiger partial charge in [-0.1, -0.05) is 16.8 Å². The maximum atomic E-state index is 11.9. The second-order valence-electron chi connectivity index (χ2n) is 5.97. The third-order valence-corrected chi connectivity index (χ3v) is 4.39. The molecule has 26 heavy (non-hydrogen) atoms. The lowest BCUT2D eigenvalue weighted by Crippen LogP contribution is -2.38. The molecule has 0 unspecified atom stereocenters. The van der Waals surface area contributed by atoms with Crippen LogP contribution in [-0.2, 0) is 11.3 Å². The molecule has 0 aliphatic carbocycles. The van der Waals surface area contributed by atoms with Crippen LogP contribution in [0.5, 0.6) is 0 Å². The average Bonchev–Trinajstić information content (AvgIpc) is 3.30. The van der Waals surface area contributed by atoms with Crippen molar-refractivity contribution in [1.82, 2.24) is 30.9 Å². The number of benzene rings is 1. The van der Waals surface area contributed by atoms with Crippen molar-refractivity contribution in [2.75, 3.05) is 18.9 Å². The minimum atomic E-state index is -0.343. The van der Waals surface area contributed by atoms with Crippen molar-refractivity contribution in [2.24, 2.45) is 0 Å². The molecule has 0 bridgehead atoms. The highest BCUT2D eigenvalue weighted by atomic mass is 35.5. The van der Waals surface area contributed by atoms with Crippen LogP contribution in [0.15, 0.2) is 30.5 Å². The maximum Gasteiger partial charge on any atom is 0.319 e. The molecule has 9 nitrogen and oxygen atoms in total. The molecule has 3 amide bonds. The monoisotopic (exact) mass is 377 g/mol. The minimum absolute atomic E-state index is 0.0339. The van der Waals surface area contributed by atoms with Gasteiger partial charge in [-0.2, -0.15) is 0 Å². The van der Waals surface area contributed by atoms with Crippen LogP contribution >= 0.6 is 11.6 Å². The van der Waals surface area contributed by atoms with Crippen LogP contribution in [0.1, 0.15) is 18.2 Å².